The van der Waals surface area contributed by atoms with Crippen LogP contribution >= 0.6 is 0 Å². The summed E-state index contributed by atoms with van der Waals surface area (Å²) in [5.74, 6) is -2.42. The molecule has 2 aromatic carbocycles. The second-order valence-electron chi connectivity index (χ2n) is 11.5. The van der Waals surface area contributed by atoms with Crippen molar-refractivity contribution in [2.24, 2.45) is 0 Å². The SMILES string of the molecule is CC(C)Oc1ccc(N2CCC(c3nn(C(c4ccccc4)c4ccccc4)c4c3[C@H](C(F)(F)F)[C@@H](O)C(=O)N4)CC2)nc1. The lowest BCUT2D eigenvalue weighted by Crippen LogP contribution is -2.45. The van der Waals surface area contributed by atoms with Crippen LogP contribution in [0.4, 0.5) is 24.8 Å². The molecule has 6 rings (SSSR count). The van der Waals surface area contributed by atoms with Crippen molar-refractivity contribution in [3.05, 3.63) is 101 Å². The van der Waals surface area contributed by atoms with Gasteiger partial charge in [0.1, 0.15) is 35.4 Å². The van der Waals surface area contributed by atoms with Crippen molar-refractivity contribution in [2.75, 3.05) is 23.3 Å². The number of nitrogens with zero attached hydrogens (tertiary/aromatic N) is 4. The summed E-state index contributed by atoms with van der Waals surface area (Å²) < 4.78 is 51.1. The van der Waals surface area contributed by atoms with E-state index in [4.69, 9.17) is 9.84 Å². The predicted molar refractivity (Wildman–Crippen MR) is 160 cm³/mol. The van der Waals surface area contributed by atoms with Gasteiger partial charge in [0.05, 0.1) is 18.0 Å². The largest absolute Gasteiger partial charge is 0.489 e. The number of anilines is 2. The van der Waals surface area contributed by atoms with Gasteiger partial charge in [-0.3, -0.25) is 4.79 Å². The number of carbonyl (C=O) groups excluding carboxylic acids is 1. The van der Waals surface area contributed by atoms with Gasteiger partial charge in [-0.1, -0.05) is 60.7 Å². The minimum absolute atomic E-state index is 0.0244. The molecule has 2 aliphatic rings. The monoisotopic (exact) mass is 605 g/mol. The lowest BCUT2D eigenvalue weighted by atomic mass is 9.82. The smallest absolute Gasteiger partial charge is 0.398 e. The van der Waals surface area contributed by atoms with Gasteiger partial charge >= 0.3 is 6.18 Å². The third-order valence-electron chi connectivity index (χ3n) is 8.24. The molecule has 1 saturated heterocycles. The van der Waals surface area contributed by atoms with Crippen LogP contribution in [-0.4, -0.2) is 57.3 Å². The van der Waals surface area contributed by atoms with Crippen LogP contribution in [0.1, 0.15) is 67.0 Å². The predicted octanol–water partition coefficient (Wildman–Crippen LogP) is 6.05. The number of alkyl halides is 3. The molecule has 1 fully saturated rings. The van der Waals surface area contributed by atoms with E-state index < -0.39 is 30.1 Å². The first kappa shape index (κ1) is 29.7. The average molecular weight is 606 g/mol. The van der Waals surface area contributed by atoms with Gasteiger partial charge in [-0.25, -0.2) is 9.67 Å². The van der Waals surface area contributed by atoms with Crippen molar-refractivity contribution >= 4 is 17.5 Å². The van der Waals surface area contributed by atoms with Crippen LogP contribution in [0.15, 0.2) is 79.0 Å². The van der Waals surface area contributed by atoms with Gasteiger partial charge in [0.25, 0.3) is 5.91 Å². The minimum Gasteiger partial charge on any atom is -0.489 e. The zero-order chi connectivity index (χ0) is 31.0. The van der Waals surface area contributed by atoms with E-state index in [2.05, 4.69) is 15.2 Å². The van der Waals surface area contributed by atoms with Gasteiger partial charge in [-0.05, 0) is 49.9 Å². The number of carbonyl (C=O) groups is 1. The maximum atomic E-state index is 14.6. The number of amides is 1. The van der Waals surface area contributed by atoms with Crippen molar-refractivity contribution in [3.63, 3.8) is 0 Å². The highest BCUT2D eigenvalue weighted by Crippen LogP contribution is 2.49. The first-order valence-electron chi connectivity index (χ1n) is 14.8. The minimum atomic E-state index is -4.87. The summed E-state index contributed by atoms with van der Waals surface area (Å²) in [7, 11) is 0. The zero-order valence-electron chi connectivity index (χ0n) is 24.4. The fourth-order valence-electron chi connectivity index (χ4n) is 6.26. The number of aliphatic hydroxyl groups is 1. The van der Waals surface area contributed by atoms with Crippen LogP contribution in [0, 0.1) is 0 Å². The highest BCUT2D eigenvalue weighted by Gasteiger charge is 2.54. The number of fused-ring (bicyclic) bond motifs is 1. The zero-order valence-corrected chi connectivity index (χ0v) is 24.4. The van der Waals surface area contributed by atoms with Gasteiger partial charge in [-0.15, -0.1) is 0 Å². The molecule has 4 aromatic rings. The first-order chi connectivity index (χ1) is 21.1. The van der Waals surface area contributed by atoms with Crippen LogP contribution in [0.25, 0.3) is 0 Å². The second kappa shape index (κ2) is 12.0. The Kier molecular flexibility index (Phi) is 8.06. The Morgan fingerprint density at radius 3 is 2.09 bits per heavy atom. The quantitative estimate of drug-likeness (QED) is 0.267. The molecule has 8 nitrogen and oxygen atoms in total. The van der Waals surface area contributed by atoms with E-state index in [1.807, 2.05) is 86.6 Å². The average Bonchev–Trinajstić information content (AvgIpc) is 3.36. The molecule has 2 atom stereocenters. The molecule has 2 N–H and O–H groups in total. The number of piperidine rings is 1. The number of aromatic nitrogens is 3. The Morgan fingerprint density at radius 2 is 1.57 bits per heavy atom. The van der Waals surface area contributed by atoms with Crippen molar-refractivity contribution < 1.29 is 27.8 Å². The van der Waals surface area contributed by atoms with Crippen LogP contribution in [-0.2, 0) is 4.79 Å². The summed E-state index contributed by atoms with van der Waals surface area (Å²) in [5, 5.41) is 18.1. The van der Waals surface area contributed by atoms with E-state index in [-0.39, 0.29) is 29.1 Å². The maximum absolute atomic E-state index is 14.6. The fourth-order valence-corrected chi connectivity index (χ4v) is 6.26. The normalized spacial score (nSPS) is 19.3. The third kappa shape index (κ3) is 5.76. The Balaban J connectivity index is 1.40. The summed E-state index contributed by atoms with van der Waals surface area (Å²) in [4.78, 5) is 19.4. The number of benzene rings is 2. The lowest BCUT2D eigenvalue weighted by Gasteiger charge is -2.34. The molecule has 0 bridgehead atoms. The molecule has 230 valence electrons. The van der Waals surface area contributed by atoms with Gasteiger partial charge in [0.15, 0.2) is 0 Å². The van der Waals surface area contributed by atoms with E-state index in [1.165, 1.54) is 4.68 Å². The number of pyridine rings is 1. The van der Waals surface area contributed by atoms with E-state index >= 15 is 0 Å². The van der Waals surface area contributed by atoms with Crippen LogP contribution in [0.2, 0.25) is 0 Å². The maximum Gasteiger partial charge on any atom is 0.398 e. The Labute approximate surface area is 253 Å². The number of aliphatic hydroxyl groups excluding tert-OH is 1. The number of ether oxygens (including phenoxy) is 1. The highest BCUT2D eigenvalue weighted by atomic mass is 19.4. The van der Waals surface area contributed by atoms with Crippen LogP contribution in [0.5, 0.6) is 5.75 Å². The molecule has 4 heterocycles. The molecule has 0 unspecified atom stereocenters. The van der Waals surface area contributed by atoms with Crippen LogP contribution in [0.3, 0.4) is 0 Å². The van der Waals surface area contributed by atoms with E-state index in [1.54, 1.807) is 6.20 Å². The summed E-state index contributed by atoms with van der Waals surface area (Å²) in [6, 6.07) is 21.8. The van der Waals surface area contributed by atoms with Gasteiger partial charge in [0, 0.05) is 24.6 Å². The number of halogens is 3. The topological polar surface area (TPSA) is 92.5 Å². The Hall–Kier alpha value is -4.38. The van der Waals surface area contributed by atoms with Gasteiger partial charge < -0.3 is 20.1 Å². The third-order valence-corrected chi connectivity index (χ3v) is 8.24. The van der Waals surface area contributed by atoms with E-state index in [0.717, 1.165) is 16.9 Å². The summed E-state index contributed by atoms with van der Waals surface area (Å²) in [5.41, 5.74) is 1.69. The van der Waals surface area contributed by atoms with Crippen molar-refractivity contribution in [1.29, 1.82) is 0 Å². The summed E-state index contributed by atoms with van der Waals surface area (Å²) in [6.45, 7) is 4.98. The lowest BCUT2D eigenvalue weighted by molar-refractivity contribution is -0.177. The number of rotatable bonds is 7. The standard InChI is InChI=1S/C33H34F3N5O3/c1-20(2)44-24-13-14-25(37-19-24)40-17-15-21(16-18-40)28-26-27(33(34,35)36)30(42)32(43)38-31(26)41(39-28)29(22-9-5-3-6-10-22)23-11-7-4-8-12-23/h3-14,19-21,27,29-30,42H,15-18H2,1-2H3,(H,38,43)/t27-,30+/m0/s1. The molecule has 44 heavy (non-hydrogen) atoms. The molecular formula is C33H34F3N5O3. The Bertz CT molecular complexity index is 1550. The molecule has 0 aliphatic carbocycles. The van der Waals surface area contributed by atoms with E-state index in [0.29, 0.717) is 31.7 Å². The van der Waals surface area contributed by atoms with Crippen molar-refractivity contribution in [3.8, 4) is 5.75 Å². The van der Waals surface area contributed by atoms with Crippen molar-refractivity contribution in [2.45, 2.75) is 63.0 Å². The molecule has 0 spiro atoms. The molecule has 2 aromatic heterocycles. The summed E-state index contributed by atoms with van der Waals surface area (Å²) >= 11 is 0. The van der Waals surface area contributed by atoms with E-state index in [9.17, 15) is 23.1 Å². The molecule has 11 heteroatoms. The second-order valence-corrected chi connectivity index (χ2v) is 11.5. The molecule has 0 radical (unpaired) electrons. The first-order valence-corrected chi connectivity index (χ1v) is 14.8. The molecule has 0 saturated carbocycles. The Morgan fingerprint density at radius 1 is 0.955 bits per heavy atom. The van der Waals surface area contributed by atoms with Crippen LogP contribution < -0.4 is 15.0 Å². The molecule has 1 amide bonds. The van der Waals surface area contributed by atoms with Crippen molar-refractivity contribution in [1.82, 2.24) is 14.8 Å². The number of hydrogen-bond acceptors (Lipinski definition) is 6. The molecule has 2 aliphatic heterocycles. The number of hydrogen-bond donors (Lipinski definition) is 2. The fraction of sp³-hybridized carbons (Fsp3) is 0.364. The number of nitrogens with one attached hydrogen (secondary N) is 1. The molecular weight excluding hydrogens is 571 g/mol. The summed E-state index contributed by atoms with van der Waals surface area (Å²) in [6.07, 6.45) is -4.41. The van der Waals surface area contributed by atoms with Gasteiger partial charge in [-0.2, -0.15) is 18.3 Å². The highest BCUT2D eigenvalue weighted by molar-refractivity contribution is 5.97. The van der Waals surface area contributed by atoms with Gasteiger partial charge in [0.2, 0.25) is 0 Å².